The first kappa shape index (κ1) is 13.2. The van der Waals surface area contributed by atoms with Crippen molar-refractivity contribution in [3.8, 4) is 0 Å². The maximum atomic E-state index is 11.7. The number of nitrogens with one attached hydrogen (secondary N) is 2. The van der Waals surface area contributed by atoms with E-state index in [1.807, 2.05) is 0 Å². The first-order valence-corrected chi connectivity index (χ1v) is 6.20. The van der Waals surface area contributed by atoms with Crippen LogP contribution in [-0.4, -0.2) is 23.2 Å². The summed E-state index contributed by atoms with van der Waals surface area (Å²) in [4.78, 5) is 23.0. The summed E-state index contributed by atoms with van der Waals surface area (Å²) in [6.07, 6.45) is 0.471. The zero-order valence-electron chi connectivity index (χ0n) is 9.67. The molecule has 1 aromatic carbocycles. The van der Waals surface area contributed by atoms with Crippen LogP contribution in [0.2, 0.25) is 0 Å². The minimum Gasteiger partial charge on any atom is -0.355 e. The molecule has 1 aromatic rings. The van der Waals surface area contributed by atoms with Gasteiger partial charge in [0.1, 0.15) is 4.33 Å². The number of hydrogen-bond donors (Lipinski definition) is 2. The number of alkyl halides is 2. The van der Waals surface area contributed by atoms with E-state index in [1.54, 1.807) is 31.3 Å². The van der Waals surface area contributed by atoms with E-state index < -0.39 is 4.33 Å². The smallest absolute Gasteiger partial charge is 0.251 e. The van der Waals surface area contributed by atoms with Gasteiger partial charge in [-0.3, -0.25) is 9.59 Å². The molecule has 2 amide bonds. The van der Waals surface area contributed by atoms with E-state index in [4.69, 9.17) is 23.2 Å². The molecule has 0 aromatic heterocycles. The van der Waals surface area contributed by atoms with Gasteiger partial charge in [-0.1, -0.05) is 0 Å². The van der Waals surface area contributed by atoms with E-state index in [-0.39, 0.29) is 17.7 Å². The third kappa shape index (κ3) is 2.76. The lowest BCUT2D eigenvalue weighted by molar-refractivity contribution is -0.117. The van der Waals surface area contributed by atoms with E-state index in [0.29, 0.717) is 17.7 Å². The fourth-order valence-corrected chi connectivity index (χ4v) is 2.08. The standard InChI is InChI=1S/C12H12Cl2N2O2/c1-15-10(17)7-2-4-8(5-3-7)16-11(18)9-6-12(9,13)14/h2-5,9H,6H2,1H3,(H,15,17)(H,16,18). The first-order chi connectivity index (χ1) is 8.44. The van der Waals surface area contributed by atoms with E-state index in [0.717, 1.165) is 0 Å². The molecule has 96 valence electrons. The summed E-state index contributed by atoms with van der Waals surface area (Å²) >= 11 is 11.6. The molecule has 1 aliphatic carbocycles. The highest BCUT2D eigenvalue weighted by Gasteiger charge is 2.56. The van der Waals surface area contributed by atoms with E-state index in [9.17, 15) is 9.59 Å². The number of amides is 2. The minimum absolute atomic E-state index is 0.171. The highest BCUT2D eigenvalue weighted by molar-refractivity contribution is 6.52. The van der Waals surface area contributed by atoms with Crippen molar-refractivity contribution < 1.29 is 9.59 Å². The van der Waals surface area contributed by atoms with Gasteiger partial charge in [-0.25, -0.2) is 0 Å². The molecule has 0 aliphatic heterocycles. The van der Waals surface area contributed by atoms with Gasteiger partial charge < -0.3 is 10.6 Å². The monoisotopic (exact) mass is 286 g/mol. The maximum Gasteiger partial charge on any atom is 0.251 e. The van der Waals surface area contributed by atoms with Crippen LogP contribution >= 0.6 is 23.2 Å². The van der Waals surface area contributed by atoms with Crippen molar-refractivity contribution in [2.45, 2.75) is 10.8 Å². The molecule has 0 bridgehead atoms. The van der Waals surface area contributed by atoms with Crippen LogP contribution in [0.4, 0.5) is 5.69 Å². The molecule has 0 radical (unpaired) electrons. The van der Waals surface area contributed by atoms with Crippen LogP contribution in [0, 0.1) is 5.92 Å². The highest BCUT2D eigenvalue weighted by Crippen LogP contribution is 2.53. The van der Waals surface area contributed by atoms with Gasteiger partial charge in [0.05, 0.1) is 5.92 Å². The Kier molecular flexibility index (Phi) is 3.50. The Hall–Kier alpha value is -1.26. The lowest BCUT2D eigenvalue weighted by Gasteiger charge is -2.06. The quantitative estimate of drug-likeness (QED) is 0.837. The zero-order valence-corrected chi connectivity index (χ0v) is 11.2. The summed E-state index contributed by atoms with van der Waals surface area (Å²) in [7, 11) is 1.56. The van der Waals surface area contributed by atoms with Crippen LogP contribution in [0.3, 0.4) is 0 Å². The summed E-state index contributed by atoms with van der Waals surface area (Å²) in [5, 5.41) is 5.22. The van der Waals surface area contributed by atoms with Crippen LogP contribution in [0.25, 0.3) is 0 Å². The van der Waals surface area contributed by atoms with Crippen molar-refractivity contribution in [1.82, 2.24) is 5.32 Å². The molecule has 4 nitrogen and oxygen atoms in total. The molecule has 0 spiro atoms. The van der Waals surface area contributed by atoms with Gasteiger partial charge in [0, 0.05) is 18.3 Å². The second-order valence-corrected chi connectivity index (χ2v) is 5.71. The molecule has 1 fully saturated rings. The number of rotatable bonds is 3. The average Bonchev–Trinajstić information content (AvgIpc) is 2.98. The van der Waals surface area contributed by atoms with Crippen molar-refractivity contribution in [2.75, 3.05) is 12.4 Å². The molecule has 1 unspecified atom stereocenters. The Labute approximate surface area is 115 Å². The Morgan fingerprint density at radius 3 is 2.28 bits per heavy atom. The molecule has 1 atom stereocenters. The van der Waals surface area contributed by atoms with E-state index in [2.05, 4.69) is 10.6 Å². The Morgan fingerprint density at radius 2 is 1.83 bits per heavy atom. The largest absolute Gasteiger partial charge is 0.355 e. The molecule has 18 heavy (non-hydrogen) atoms. The van der Waals surface area contributed by atoms with Gasteiger partial charge in [0.2, 0.25) is 5.91 Å². The molecule has 2 N–H and O–H groups in total. The van der Waals surface area contributed by atoms with Gasteiger partial charge in [-0.2, -0.15) is 0 Å². The van der Waals surface area contributed by atoms with Crippen LogP contribution in [0.1, 0.15) is 16.8 Å². The van der Waals surface area contributed by atoms with Crippen molar-refractivity contribution in [2.24, 2.45) is 5.92 Å². The molecule has 0 heterocycles. The summed E-state index contributed by atoms with van der Waals surface area (Å²) in [5.41, 5.74) is 1.15. The van der Waals surface area contributed by atoms with Crippen LogP contribution < -0.4 is 10.6 Å². The Balaban J connectivity index is 1.99. The number of halogens is 2. The molecule has 1 aliphatic rings. The van der Waals surface area contributed by atoms with Gasteiger partial charge in [-0.15, -0.1) is 23.2 Å². The zero-order chi connectivity index (χ0) is 13.3. The second kappa shape index (κ2) is 4.78. The Bertz CT molecular complexity index is 485. The van der Waals surface area contributed by atoms with E-state index in [1.165, 1.54) is 0 Å². The SMILES string of the molecule is CNC(=O)c1ccc(NC(=O)C2CC2(Cl)Cl)cc1. The average molecular weight is 287 g/mol. The van der Waals surface area contributed by atoms with E-state index >= 15 is 0 Å². The molecular formula is C12H12Cl2N2O2. The molecule has 1 saturated carbocycles. The lowest BCUT2D eigenvalue weighted by atomic mass is 10.2. The van der Waals surface area contributed by atoms with Gasteiger partial charge in [-0.05, 0) is 30.7 Å². The Morgan fingerprint density at radius 1 is 1.28 bits per heavy atom. The molecule has 2 rings (SSSR count). The van der Waals surface area contributed by atoms with Crippen molar-refractivity contribution >= 4 is 40.7 Å². The topological polar surface area (TPSA) is 58.2 Å². The number of benzene rings is 1. The fourth-order valence-electron chi connectivity index (χ4n) is 1.58. The summed E-state index contributed by atoms with van der Waals surface area (Å²) in [6.45, 7) is 0. The minimum atomic E-state index is -0.924. The normalized spacial score (nSPS) is 20.1. The fraction of sp³-hybridized carbons (Fsp3) is 0.333. The number of carbonyl (C=O) groups excluding carboxylic acids is 2. The molecule has 0 saturated heterocycles. The predicted octanol–water partition coefficient (Wildman–Crippen LogP) is 2.18. The molecule has 6 heteroatoms. The number of hydrogen-bond acceptors (Lipinski definition) is 2. The first-order valence-electron chi connectivity index (χ1n) is 5.45. The van der Waals surface area contributed by atoms with Crippen LogP contribution in [0.5, 0.6) is 0 Å². The maximum absolute atomic E-state index is 11.7. The third-order valence-corrected chi connectivity index (χ3v) is 3.62. The summed E-state index contributed by atoms with van der Waals surface area (Å²) < 4.78 is -0.924. The van der Waals surface area contributed by atoms with Crippen molar-refractivity contribution in [3.63, 3.8) is 0 Å². The number of carbonyl (C=O) groups is 2. The predicted molar refractivity (Wildman–Crippen MR) is 71.0 cm³/mol. The lowest BCUT2D eigenvalue weighted by Crippen LogP contribution is -2.18. The summed E-state index contributed by atoms with van der Waals surface area (Å²) in [6, 6.07) is 6.59. The van der Waals surface area contributed by atoms with Gasteiger partial charge in [0.15, 0.2) is 0 Å². The third-order valence-electron chi connectivity index (χ3n) is 2.78. The van der Waals surface area contributed by atoms with Crippen molar-refractivity contribution in [3.05, 3.63) is 29.8 Å². The van der Waals surface area contributed by atoms with Crippen LogP contribution in [-0.2, 0) is 4.79 Å². The summed E-state index contributed by atoms with van der Waals surface area (Å²) in [5.74, 6) is -0.734. The second-order valence-electron chi connectivity index (χ2n) is 4.16. The van der Waals surface area contributed by atoms with Crippen molar-refractivity contribution in [1.29, 1.82) is 0 Å². The van der Waals surface area contributed by atoms with Crippen LogP contribution in [0.15, 0.2) is 24.3 Å². The van der Waals surface area contributed by atoms with Gasteiger partial charge in [0.25, 0.3) is 5.91 Å². The molecular weight excluding hydrogens is 275 g/mol. The highest BCUT2D eigenvalue weighted by atomic mass is 35.5. The van der Waals surface area contributed by atoms with Gasteiger partial charge >= 0.3 is 0 Å². The number of anilines is 1.